The molecular formula is C31H33Cl2NO9S. The zero-order chi connectivity index (χ0) is 31.9. The van der Waals surface area contributed by atoms with Crippen LogP contribution < -0.4 is 14.2 Å². The molecule has 0 aliphatic carbocycles. The molecule has 44 heavy (non-hydrogen) atoms. The van der Waals surface area contributed by atoms with Crippen molar-refractivity contribution in [1.82, 2.24) is 4.31 Å². The average molecular weight is 667 g/mol. The number of benzene rings is 3. The molecule has 0 saturated carbocycles. The van der Waals surface area contributed by atoms with E-state index in [9.17, 15) is 18.0 Å². The summed E-state index contributed by atoms with van der Waals surface area (Å²) in [4.78, 5) is 24.6. The molecule has 0 amide bonds. The number of aliphatic carboxylic acids is 1. The molecular weight excluding hydrogens is 633 g/mol. The monoisotopic (exact) mass is 665 g/mol. The summed E-state index contributed by atoms with van der Waals surface area (Å²) in [6.45, 7) is -0.430. The number of ether oxygens (including phenoxy) is 4. The van der Waals surface area contributed by atoms with E-state index < -0.39 is 40.7 Å². The number of halogens is 2. The van der Waals surface area contributed by atoms with Crippen molar-refractivity contribution in [1.29, 1.82) is 0 Å². The second-order valence-electron chi connectivity index (χ2n) is 10.1. The van der Waals surface area contributed by atoms with Crippen LogP contribution >= 0.6 is 23.2 Å². The van der Waals surface area contributed by atoms with Crippen molar-refractivity contribution in [3.63, 3.8) is 0 Å². The number of carbonyl (C=O) groups excluding carboxylic acids is 1. The summed E-state index contributed by atoms with van der Waals surface area (Å²) in [5.41, 5.74) is 1.45. The molecule has 0 aromatic heterocycles. The third kappa shape index (κ3) is 7.95. The Bertz CT molecular complexity index is 1600. The van der Waals surface area contributed by atoms with Crippen molar-refractivity contribution in [2.24, 2.45) is 0 Å². The predicted molar refractivity (Wildman–Crippen MR) is 164 cm³/mol. The number of hydrogen-bond acceptors (Lipinski definition) is 8. The van der Waals surface area contributed by atoms with E-state index in [1.54, 1.807) is 37.4 Å². The molecule has 0 bridgehead atoms. The molecule has 10 nitrogen and oxygen atoms in total. The number of methoxy groups -OCH3 is 2. The van der Waals surface area contributed by atoms with Crippen molar-refractivity contribution in [3.05, 3.63) is 81.8 Å². The molecule has 13 heteroatoms. The molecule has 0 unspecified atom stereocenters. The lowest BCUT2D eigenvalue weighted by Gasteiger charge is -2.34. The highest BCUT2D eigenvalue weighted by Gasteiger charge is 2.40. The summed E-state index contributed by atoms with van der Waals surface area (Å²) >= 11 is 12.4. The summed E-state index contributed by atoms with van der Waals surface area (Å²) in [6, 6.07) is 15.3. The molecule has 0 spiro atoms. The van der Waals surface area contributed by atoms with E-state index in [0.29, 0.717) is 42.7 Å². The zero-order valence-corrected chi connectivity index (χ0v) is 26.5. The molecule has 1 heterocycles. The summed E-state index contributed by atoms with van der Waals surface area (Å²) in [5.74, 6) is -0.438. The molecule has 1 fully saturated rings. The van der Waals surface area contributed by atoms with Crippen molar-refractivity contribution in [2.45, 2.75) is 49.1 Å². The highest BCUT2D eigenvalue weighted by Crippen LogP contribution is 2.36. The van der Waals surface area contributed by atoms with Crippen LogP contribution in [0.4, 0.5) is 0 Å². The first kappa shape index (κ1) is 33.4. The third-order valence-electron chi connectivity index (χ3n) is 7.22. The van der Waals surface area contributed by atoms with Crippen LogP contribution in [-0.2, 0) is 30.8 Å². The van der Waals surface area contributed by atoms with Gasteiger partial charge in [0.1, 0.15) is 22.8 Å². The van der Waals surface area contributed by atoms with Gasteiger partial charge in [0.2, 0.25) is 10.0 Å². The maximum absolute atomic E-state index is 13.8. The number of piperidine rings is 1. The van der Waals surface area contributed by atoms with Gasteiger partial charge in [0.15, 0.2) is 18.1 Å². The number of aryl methyl sites for hydroxylation is 1. The van der Waals surface area contributed by atoms with Crippen LogP contribution in [0.25, 0.3) is 0 Å². The Kier molecular flexibility index (Phi) is 11.4. The lowest BCUT2D eigenvalue weighted by atomic mass is 10.00. The Labute approximate surface area is 266 Å². The smallest absolute Gasteiger partial charge is 0.341 e. The van der Waals surface area contributed by atoms with E-state index in [-0.39, 0.29) is 33.7 Å². The summed E-state index contributed by atoms with van der Waals surface area (Å²) in [6.07, 6.45) is 1.43. The number of nitrogens with zero attached hydrogens (tertiary/aromatic N) is 1. The first-order valence-corrected chi connectivity index (χ1v) is 16.1. The largest absolute Gasteiger partial charge is 0.493 e. The molecule has 0 radical (unpaired) electrons. The van der Waals surface area contributed by atoms with Gasteiger partial charge in [-0.3, -0.25) is 4.79 Å². The second kappa shape index (κ2) is 15.0. The Balaban J connectivity index is 1.62. The quantitative estimate of drug-likeness (QED) is 0.221. The number of sulfonamides is 1. The summed E-state index contributed by atoms with van der Waals surface area (Å²) < 4.78 is 50.7. The van der Waals surface area contributed by atoms with Crippen molar-refractivity contribution in [3.8, 4) is 17.2 Å². The van der Waals surface area contributed by atoms with Gasteiger partial charge in [-0.1, -0.05) is 47.5 Å². The fourth-order valence-electron chi connectivity index (χ4n) is 5.03. The fourth-order valence-corrected chi connectivity index (χ4v) is 7.42. The molecule has 1 saturated heterocycles. The highest BCUT2D eigenvalue weighted by atomic mass is 35.5. The van der Waals surface area contributed by atoms with Gasteiger partial charge in [0, 0.05) is 6.54 Å². The first-order valence-electron chi connectivity index (χ1n) is 13.9. The molecule has 1 aliphatic heterocycles. The molecule has 4 rings (SSSR count). The molecule has 1 N–H and O–H groups in total. The Morgan fingerprint density at radius 3 is 2.48 bits per heavy atom. The standard InChI is InChI=1S/C31H33Cl2NO9S/c1-40-26-15-13-20(17-27(26)41-2)12-14-25(21-7-5-8-22(18-21)42-19-29(35)36)43-31(37)24-10-3-4-16-34(24)44(38,39)28-11-6-9-23(32)30(28)33/h5-9,11,13,15,17-18,24-25H,3-4,10,12,14,16,19H2,1-2H3,(H,35,36)/t24-,25+/m0/s1. The Morgan fingerprint density at radius 2 is 1.75 bits per heavy atom. The number of esters is 1. The normalized spacial score (nSPS) is 16.1. The molecule has 236 valence electrons. The molecule has 3 aromatic carbocycles. The van der Waals surface area contributed by atoms with Gasteiger partial charge in [-0.15, -0.1) is 0 Å². The van der Waals surface area contributed by atoms with Crippen LogP contribution in [0.3, 0.4) is 0 Å². The number of carboxylic acids is 1. The van der Waals surface area contributed by atoms with Crippen LogP contribution in [0.1, 0.15) is 42.9 Å². The van der Waals surface area contributed by atoms with Gasteiger partial charge in [0.05, 0.1) is 24.3 Å². The van der Waals surface area contributed by atoms with Crippen LogP contribution in [0, 0.1) is 0 Å². The zero-order valence-electron chi connectivity index (χ0n) is 24.2. The topological polar surface area (TPSA) is 129 Å². The number of carbonyl (C=O) groups is 2. The van der Waals surface area contributed by atoms with Gasteiger partial charge in [-0.05, 0) is 79.6 Å². The summed E-state index contributed by atoms with van der Waals surface area (Å²) in [5, 5.41) is 9.00. The first-order chi connectivity index (χ1) is 21.0. The van der Waals surface area contributed by atoms with Gasteiger partial charge < -0.3 is 24.1 Å². The highest BCUT2D eigenvalue weighted by molar-refractivity contribution is 7.89. The third-order valence-corrected chi connectivity index (χ3v) is 10.1. The van der Waals surface area contributed by atoms with E-state index in [1.807, 2.05) is 12.1 Å². The van der Waals surface area contributed by atoms with Crippen LogP contribution in [0.2, 0.25) is 10.0 Å². The molecule has 2 atom stereocenters. The van der Waals surface area contributed by atoms with Gasteiger partial charge in [0.25, 0.3) is 0 Å². The lowest BCUT2D eigenvalue weighted by molar-refractivity contribution is -0.155. The van der Waals surface area contributed by atoms with Crippen molar-refractivity contribution >= 4 is 45.2 Å². The lowest BCUT2D eigenvalue weighted by Crippen LogP contribution is -2.48. The van der Waals surface area contributed by atoms with Crippen molar-refractivity contribution < 1.29 is 42.1 Å². The van der Waals surface area contributed by atoms with Gasteiger partial charge in [-0.25, -0.2) is 13.2 Å². The second-order valence-corrected chi connectivity index (χ2v) is 12.7. The van der Waals surface area contributed by atoms with Crippen molar-refractivity contribution in [2.75, 3.05) is 27.4 Å². The average Bonchev–Trinajstić information content (AvgIpc) is 3.03. The summed E-state index contributed by atoms with van der Waals surface area (Å²) in [7, 11) is -1.11. The fraction of sp³-hybridized carbons (Fsp3) is 0.355. The Morgan fingerprint density at radius 1 is 1.00 bits per heavy atom. The maximum atomic E-state index is 13.8. The SMILES string of the molecule is COc1ccc(CC[C@@H](OC(=O)[C@@H]2CCCCN2S(=O)(=O)c2cccc(Cl)c2Cl)c2cccc(OCC(=O)O)c2)cc1OC. The van der Waals surface area contributed by atoms with E-state index in [4.69, 9.17) is 47.3 Å². The number of rotatable bonds is 13. The predicted octanol–water partition coefficient (Wildman–Crippen LogP) is 5.93. The van der Waals surface area contributed by atoms with E-state index in [0.717, 1.165) is 9.87 Å². The van der Waals surface area contributed by atoms with Gasteiger partial charge >= 0.3 is 11.9 Å². The number of hydrogen-bond donors (Lipinski definition) is 1. The minimum atomic E-state index is -4.19. The minimum absolute atomic E-state index is 0.0871. The van der Waals surface area contributed by atoms with Crippen LogP contribution in [0.5, 0.6) is 17.2 Å². The van der Waals surface area contributed by atoms with Crippen LogP contribution in [0.15, 0.2) is 65.6 Å². The van der Waals surface area contributed by atoms with E-state index in [2.05, 4.69) is 0 Å². The minimum Gasteiger partial charge on any atom is -0.493 e. The van der Waals surface area contributed by atoms with Crippen LogP contribution in [-0.4, -0.2) is 63.2 Å². The molecule has 1 aliphatic rings. The number of carboxylic acid groups (broad SMARTS) is 1. The maximum Gasteiger partial charge on any atom is 0.341 e. The van der Waals surface area contributed by atoms with E-state index in [1.165, 1.54) is 25.3 Å². The molecule has 3 aromatic rings. The van der Waals surface area contributed by atoms with E-state index >= 15 is 0 Å². The Hall–Kier alpha value is -3.51. The van der Waals surface area contributed by atoms with Gasteiger partial charge in [-0.2, -0.15) is 4.31 Å².